The molecule has 0 fully saturated rings. The Balaban J connectivity index is 1.53. The first-order chi connectivity index (χ1) is 20.4. The number of halogens is 6. The average molecular weight is 613 g/mol. The first-order valence-corrected chi connectivity index (χ1v) is 13.1. The summed E-state index contributed by atoms with van der Waals surface area (Å²) in [6.45, 7) is 3.88. The van der Waals surface area contributed by atoms with Crippen LogP contribution in [0.1, 0.15) is 22.4 Å². The first-order valence-electron chi connectivity index (χ1n) is 12.7. The Labute approximate surface area is 247 Å². The predicted octanol–water partition coefficient (Wildman–Crippen LogP) is 8.63. The van der Waals surface area contributed by atoms with Crippen molar-refractivity contribution in [2.45, 2.75) is 18.9 Å². The molecule has 2 heterocycles. The van der Waals surface area contributed by atoms with Gasteiger partial charge in [-0.2, -0.15) is 26.3 Å². The van der Waals surface area contributed by atoms with Gasteiger partial charge in [0, 0.05) is 28.2 Å². The second kappa shape index (κ2) is 11.5. The number of thiocarbonyl (C=S) groups is 1. The number of ether oxygens (including phenoxy) is 1. The lowest BCUT2D eigenvalue weighted by atomic mass is 9.96. The Bertz CT molecular complexity index is 1840. The van der Waals surface area contributed by atoms with Gasteiger partial charge in [0.25, 0.3) is 0 Å². The molecule has 0 unspecified atom stereocenters. The number of rotatable bonds is 6. The molecule has 5 aromatic rings. The molecule has 3 aromatic carbocycles. The maximum atomic E-state index is 13.3. The summed E-state index contributed by atoms with van der Waals surface area (Å²) >= 11 is 5.26. The first kappa shape index (κ1) is 29.8. The maximum absolute atomic E-state index is 13.3. The van der Waals surface area contributed by atoms with Crippen LogP contribution in [-0.2, 0) is 18.9 Å². The van der Waals surface area contributed by atoms with Crippen molar-refractivity contribution < 1.29 is 31.1 Å². The van der Waals surface area contributed by atoms with Crippen LogP contribution in [0, 0.1) is 0 Å². The fraction of sp³-hybridized carbons (Fsp3) is 0.129. The van der Waals surface area contributed by atoms with Gasteiger partial charge in [0.2, 0.25) is 0 Å². The van der Waals surface area contributed by atoms with E-state index < -0.39 is 29.2 Å². The van der Waals surface area contributed by atoms with Gasteiger partial charge in [-0.3, -0.25) is 9.97 Å². The molecule has 43 heavy (non-hydrogen) atoms. The number of aromatic nitrogens is 2. The van der Waals surface area contributed by atoms with E-state index in [-0.39, 0.29) is 17.7 Å². The minimum Gasteiger partial charge on any atom is -0.497 e. The number of alkyl halides is 6. The molecule has 0 aliphatic carbocycles. The van der Waals surface area contributed by atoms with Crippen LogP contribution in [0.2, 0.25) is 0 Å². The third-order valence-corrected chi connectivity index (χ3v) is 6.94. The van der Waals surface area contributed by atoms with Crippen LogP contribution in [0.3, 0.4) is 0 Å². The van der Waals surface area contributed by atoms with Crippen molar-refractivity contribution in [3.63, 3.8) is 0 Å². The highest BCUT2D eigenvalue weighted by molar-refractivity contribution is 7.80. The molecule has 5 nitrogen and oxygen atoms in total. The van der Waals surface area contributed by atoms with E-state index in [1.54, 1.807) is 25.4 Å². The summed E-state index contributed by atoms with van der Waals surface area (Å²) in [6, 6.07) is 16.0. The molecule has 12 heteroatoms. The highest BCUT2D eigenvalue weighted by atomic mass is 32.1. The highest BCUT2D eigenvalue weighted by Gasteiger charge is 2.37. The molecular formula is C31H22F6N4OS. The van der Waals surface area contributed by atoms with E-state index in [0.717, 1.165) is 21.9 Å². The average Bonchev–Trinajstić information content (AvgIpc) is 2.97. The normalized spacial score (nSPS) is 11.9. The Morgan fingerprint density at radius 3 is 2.26 bits per heavy atom. The zero-order valence-electron chi connectivity index (χ0n) is 22.4. The van der Waals surface area contributed by atoms with Crippen molar-refractivity contribution in [3.05, 3.63) is 102 Å². The lowest BCUT2D eigenvalue weighted by molar-refractivity contribution is -0.143. The van der Waals surface area contributed by atoms with E-state index in [4.69, 9.17) is 21.9 Å². The molecule has 0 saturated heterocycles. The zero-order valence-corrected chi connectivity index (χ0v) is 23.2. The van der Waals surface area contributed by atoms with Gasteiger partial charge in [0.15, 0.2) is 5.11 Å². The van der Waals surface area contributed by atoms with E-state index in [0.29, 0.717) is 40.2 Å². The number of methoxy groups -OCH3 is 1. The van der Waals surface area contributed by atoms with Gasteiger partial charge in [0.1, 0.15) is 5.75 Å². The third kappa shape index (κ3) is 6.38. The fourth-order valence-corrected chi connectivity index (χ4v) is 4.85. The highest BCUT2D eigenvalue weighted by Crippen LogP contribution is 2.38. The second-order valence-electron chi connectivity index (χ2n) is 9.44. The van der Waals surface area contributed by atoms with E-state index in [2.05, 4.69) is 22.2 Å². The number of pyridine rings is 2. The van der Waals surface area contributed by atoms with E-state index >= 15 is 0 Å². The van der Waals surface area contributed by atoms with Crippen molar-refractivity contribution in [1.82, 2.24) is 15.3 Å². The number of nitrogens with one attached hydrogen (secondary N) is 2. The monoisotopic (exact) mass is 612 g/mol. The summed E-state index contributed by atoms with van der Waals surface area (Å²) < 4.78 is 85.3. The van der Waals surface area contributed by atoms with E-state index in [1.807, 2.05) is 42.5 Å². The zero-order chi connectivity index (χ0) is 30.9. The third-order valence-electron chi connectivity index (χ3n) is 6.69. The summed E-state index contributed by atoms with van der Waals surface area (Å²) in [4.78, 5) is 9.27. The lowest BCUT2D eigenvalue weighted by Gasteiger charge is -2.18. The molecule has 5 rings (SSSR count). The Morgan fingerprint density at radius 1 is 0.884 bits per heavy atom. The summed E-state index contributed by atoms with van der Waals surface area (Å²) in [5, 5.41) is 6.74. The maximum Gasteiger partial charge on any atom is 0.416 e. The molecule has 0 radical (unpaired) electrons. The van der Waals surface area contributed by atoms with E-state index in [9.17, 15) is 26.3 Å². The molecule has 0 amide bonds. The Hall–Kier alpha value is -4.71. The Morgan fingerprint density at radius 2 is 1.60 bits per heavy atom. The lowest BCUT2D eigenvalue weighted by Crippen LogP contribution is -2.29. The molecule has 0 aliphatic heterocycles. The van der Waals surface area contributed by atoms with E-state index in [1.165, 1.54) is 0 Å². The van der Waals surface area contributed by atoms with Crippen LogP contribution in [0.4, 0.5) is 32.0 Å². The van der Waals surface area contributed by atoms with Crippen molar-refractivity contribution in [3.8, 4) is 16.9 Å². The minimum atomic E-state index is -4.99. The minimum absolute atomic E-state index is 0.00566. The largest absolute Gasteiger partial charge is 0.497 e. The molecule has 0 saturated carbocycles. The molecular weight excluding hydrogens is 590 g/mol. The molecule has 220 valence electrons. The van der Waals surface area contributed by atoms with Crippen molar-refractivity contribution in [1.29, 1.82) is 0 Å². The van der Waals surface area contributed by atoms with Crippen LogP contribution in [0.15, 0.2) is 79.5 Å². The number of anilines is 1. The topological polar surface area (TPSA) is 59.1 Å². The summed E-state index contributed by atoms with van der Waals surface area (Å²) in [5.74, 6) is 0.617. The van der Waals surface area contributed by atoms with Crippen molar-refractivity contribution in [2.75, 3.05) is 12.4 Å². The summed E-state index contributed by atoms with van der Waals surface area (Å²) in [6.07, 6.45) is -6.61. The van der Waals surface area contributed by atoms with Gasteiger partial charge in [0.05, 0.1) is 41.5 Å². The SMILES string of the molecule is C=Cc1cccc2nc(CNC(=S)Nc3cc(C(F)(F)F)cc(C(F)(F)F)c3)c(-c3ccnc4ccc(OC)cc34)cc12. The van der Waals surface area contributed by atoms with Crippen LogP contribution in [0.5, 0.6) is 5.75 Å². The van der Waals surface area contributed by atoms with Crippen LogP contribution >= 0.6 is 12.2 Å². The molecule has 0 atom stereocenters. The van der Waals surface area contributed by atoms with Crippen molar-refractivity contribution in [2.24, 2.45) is 0 Å². The predicted molar refractivity (Wildman–Crippen MR) is 159 cm³/mol. The van der Waals surface area contributed by atoms with Gasteiger partial charge in [-0.15, -0.1) is 0 Å². The van der Waals surface area contributed by atoms with Gasteiger partial charge in [-0.25, -0.2) is 0 Å². The standard InChI is InChI=1S/C31H22F6N4OS/c1-3-17-5-4-6-27-23(17)15-25(22-9-10-38-26-8-7-21(42-2)14-24(22)26)28(41-27)16-39-29(43)40-20-12-18(30(32,33)34)11-19(13-20)31(35,36)37/h3-15H,1,16H2,2H3,(H2,39,40,43). The molecule has 0 spiro atoms. The number of benzene rings is 3. The smallest absolute Gasteiger partial charge is 0.416 e. The van der Waals surface area contributed by atoms with Gasteiger partial charge < -0.3 is 15.4 Å². The molecule has 2 N–H and O–H groups in total. The van der Waals surface area contributed by atoms with Gasteiger partial charge >= 0.3 is 12.4 Å². The number of fused-ring (bicyclic) bond motifs is 2. The van der Waals surface area contributed by atoms with Crippen LogP contribution in [0.25, 0.3) is 39.0 Å². The van der Waals surface area contributed by atoms with Gasteiger partial charge in [-0.1, -0.05) is 24.8 Å². The quantitative estimate of drug-likeness (QED) is 0.148. The van der Waals surface area contributed by atoms with Crippen LogP contribution < -0.4 is 15.4 Å². The molecule has 2 aromatic heterocycles. The summed E-state index contributed by atoms with van der Waals surface area (Å²) in [5.41, 5.74) is 0.841. The van der Waals surface area contributed by atoms with Crippen LogP contribution in [-0.4, -0.2) is 22.2 Å². The fourth-order valence-electron chi connectivity index (χ4n) is 4.66. The Kier molecular flexibility index (Phi) is 7.98. The van der Waals surface area contributed by atoms with Gasteiger partial charge in [-0.05, 0) is 77.9 Å². The molecule has 0 aliphatic rings. The number of hydrogen-bond acceptors (Lipinski definition) is 4. The van der Waals surface area contributed by atoms with Crippen molar-refractivity contribution >= 4 is 50.9 Å². The second-order valence-corrected chi connectivity index (χ2v) is 9.85. The number of hydrogen-bond donors (Lipinski definition) is 2. The number of nitrogens with zero attached hydrogens (tertiary/aromatic N) is 2. The summed E-state index contributed by atoms with van der Waals surface area (Å²) in [7, 11) is 1.55. The molecule has 0 bridgehead atoms.